The van der Waals surface area contributed by atoms with Crippen LogP contribution in [0.2, 0.25) is 0 Å². The third kappa shape index (κ3) is 4.84. The Morgan fingerprint density at radius 1 is 1.26 bits per heavy atom. The Balaban J connectivity index is 1.67. The summed E-state index contributed by atoms with van der Waals surface area (Å²) in [5, 5.41) is 7.06. The largest absolute Gasteiger partial charge is 0.390 e. The second-order valence-electron chi connectivity index (χ2n) is 6.63. The van der Waals surface area contributed by atoms with Gasteiger partial charge in [-0.3, -0.25) is 0 Å². The smallest absolute Gasteiger partial charge is 0.317 e. The fourth-order valence-corrected chi connectivity index (χ4v) is 3.12. The van der Waals surface area contributed by atoms with Crippen molar-refractivity contribution in [1.82, 2.24) is 10.2 Å². The summed E-state index contributed by atoms with van der Waals surface area (Å²) in [6.45, 7) is 5.24. The molecule has 3 rings (SSSR count). The molecular weight excluding hydrogens is 345 g/mol. The van der Waals surface area contributed by atoms with Crippen LogP contribution in [0.4, 0.5) is 9.18 Å². The average molecular weight is 369 g/mol. The zero-order valence-electron chi connectivity index (χ0n) is 15.6. The lowest BCUT2D eigenvalue weighted by Gasteiger charge is -2.25. The molecule has 1 N–H and O–H groups in total. The van der Waals surface area contributed by atoms with Gasteiger partial charge in [0.1, 0.15) is 5.82 Å². The molecule has 0 saturated carbocycles. The van der Waals surface area contributed by atoms with Gasteiger partial charge in [-0.2, -0.15) is 0 Å². The van der Waals surface area contributed by atoms with Gasteiger partial charge in [0.15, 0.2) is 6.10 Å². The molecule has 0 radical (unpaired) electrons. The van der Waals surface area contributed by atoms with Crippen LogP contribution in [0.3, 0.4) is 0 Å². The van der Waals surface area contributed by atoms with Crippen molar-refractivity contribution in [3.8, 4) is 0 Å². The monoisotopic (exact) mass is 369 g/mol. The molecule has 0 fully saturated rings. The Labute approximate surface area is 158 Å². The van der Waals surface area contributed by atoms with Crippen LogP contribution in [-0.2, 0) is 11.4 Å². The lowest BCUT2D eigenvalue weighted by molar-refractivity contribution is 0.0590. The van der Waals surface area contributed by atoms with E-state index >= 15 is 0 Å². The van der Waals surface area contributed by atoms with Crippen LogP contribution in [-0.4, -0.2) is 35.8 Å². The van der Waals surface area contributed by atoms with E-state index in [0.29, 0.717) is 26.1 Å². The van der Waals surface area contributed by atoms with E-state index in [9.17, 15) is 9.18 Å². The van der Waals surface area contributed by atoms with Crippen LogP contribution in [0, 0.1) is 12.7 Å². The van der Waals surface area contributed by atoms with Crippen LogP contribution in [0.15, 0.2) is 53.7 Å². The molecule has 2 aromatic rings. The zero-order valence-corrected chi connectivity index (χ0v) is 15.6. The van der Waals surface area contributed by atoms with Gasteiger partial charge in [-0.25, -0.2) is 9.18 Å². The molecule has 0 unspecified atom stereocenters. The van der Waals surface area contributed by atoms with Crippen molar-refractivity contribution >= 4 is 11.7 Å². The third-order valence-corrected chi connectivity index (χ3v) is 4.51. The number of hydrogen-bond acceptors (Lipinski definition) is 3. The molecule has 142 valence electrons. The van der Waals surface area contributed by atoms with Gasteiger partial charge in [0.2, 0.25) is 0 Å². The summed E-state index contributed by atoms with van der Waals surface area (Å²) >= 11 is 0. The van der Waals surface area contributed by atoms with Gasteiger partial charge >= 0.3 is 6.03 Å². The average Bonchev–Trinajstić information content (AvgIpc) is 3.12. The Morgan fingerprint density at radius 2 is 2.00 bits per heavy atom. The molecule has 0 aromatic heterocycles. The number of hydrogen-bond donors (Lipinski definition) is 1. The number of urea groups is 1. The number of aryl methyl sites for hydroxylation is 1. The highest BCUT2D eigenvalue weighted by Gasteiger charge is 2.27. The van der Waals surface area contributed by atoms with Crippen LogP contribution in [0.25, 0.3) is 0 Å². The minimum absolute atomic E-state index is 0.172. The minimum Gasteiger partial charge on any atom is -0.390 e. The van der Waals surface area contributed by atoms with Gasteiger partial charge in [-0.1, -0.05) is 41.6 Å². The molecule has 1 aliphatic rings. The SMILES string of the molecule is CCNC(=O)N(Cc1ccc(F)cc1)C[C@@H]1CC(c2ccccc2C)=NO1. The van der Waals surface area contributed by atoms with E-state index in [1.54, 1.807) is 17.0 Å². The Morgan fingerprint density at radius 3 is 2.70 bits per heavy atom. The molecule has 27 heavy (non-hydrogen) atoms. The number of oxime groups is 1. The summed E-state index contributed by atoms with van der Waals surface area (Å²) in [7, 11) is 0. The van der Waals surface area contributed by atoms with Gasteiger partial charge in [-0.05, 0) is 37.1 Å². The van der Waals surface area contributed by atoms with Crippen LogP contribution >= 0.6 is 0 Å². The van der Waals surface area contributed by atoms with Crippen molar-refractivity contribution < 1.29 is 14.0 Å². The first kappa shape index (κ1) is 18.9. The topological polar surface area (TPSA) is 53.9 Å². The summed E-state index contributed by atoms with van der Waals surface area (Å²) in [5.41, 5.74) is 3.98. The number of halogens is 1. The van der Waals surface area contributed by atoms with Crippen LogP contribution < -0.4 is 5.32 Å². The van der Waals surface area contributed by atoms with Crippen LogP contribution in [0.1, 0.15) is 30.0 Å². The Bertz CT molecular complexity index is 820. The summed E-state index contributed by atoms with van der Waals surface area (Å²) in [5.74, 6) is -0.293. The highest BCUT2D eigenvalue weighted by molar-refractivity contribution is 6.02. The van der Waals surface area contributed by atoms with Crippen molar-refractivity contribution in [2.75, 3.05) is 13.1 Å². The lowest BCUT2D eigenvalue weighted by Crippen LogP contribution is -2.43. The molecule has 1 aliphatic heterocycles. The maximum absolute atomic E-state index is 13.1. The summed E-state index contributed by atoms with van der Waals surface area (Å²) in [6.07, 6.45) is 0.437. The van der Waals surface area contributed by atoms with E-state index in [4.69, 9.17) is 4.84 Å². The van der Waals surface area contributed by atoms with E-state index < -0.39 is 0 Å². The Hall–Kier alpha value is -2.89. The summed E-state index contributed by atoms with van der Waals surface area (Å²) < 4.78 is 13.1. The Kier molecular flexibility index (Phi) is 6.06. The minimum atomic E-state index is -0.293. The zero-order chi connectivity index (χ0) is 19.2. The van der Waals surface area contributed by atoms with Gasteiger partial charge in [0, 0.05) is 25.1 Å². The number of rotatable bonds is 6. The highest BCUT2D eigenvalue weighted by atomic mass is 19.1. The molecule has 1 heterocycles. The van der Waals surface area contributed by atoms with E-state index in [0.717, 1.165) is 22.4 Å². The van der Waals surface area contributed by atoms with Gasteiger partial charge < -0.3 is 15.1 Å². The molecule has 0 aliphatic carbocycles. The molecule has 2 amide bonds. The fourth-order valence-electron chi connectivity index (χ4n) is 3.12. The number of nitrogens with zero attached hydrogens (tertiary/aromatic N) is 2. The number of carbonyl (C=O) groups is 1. The normalized spacial score (nSPS) is 15.8. The molecule has 6 heteroatoms. The number of carbonyl (C=O) groups excluding carboxylic acids is 1. The van der Waals surface area contributed by atoms with Gasteiger partial charge in [0.05, 0.1) is 12.3 Å². The maximum atomic E-state index is 13.1. The summed E-state index contributed by atoms with van der Waals surface area (Å²) in [4.78, 5) is 19.7. The third-order valence-electron chi connectivity index (χ3n) is 4.51. The van der Waals surface area contributed by atoms with E-state index in [2.05, 4.69) is 10.5 Å². The van der Waals surface area contributed by atoms with Crippen molar-refractivity contribution in [3.05, 3.63) is 71.0 Å². The van der Waals surface area contributed by atoms with Gasteiger partial charge in [-0.15, -0.1) is 0 Å². The van der Waals surface area contributed by atoms with E-state index in [1.807, 2.05) is 38.1 Å². The predicted molar refractivity (Wildman–Crippen MR) is 103 cm³/mol. The second-order valence-corrected chi connectivity index (χ2v) is 6.63. The van der Waals surface area contributed by atoms with E-state index in [-0.39, 0.29) is 18.0 Å². The van der Waals surface area contributed by atoms with E-state index in [1.165, 1.54) is 12.1 Å². The molecule has 2 aromatic carbocycles. The fraction of sp³-hybridized carbons (Fsp3) is 0.333. The predicted octanol–water partition coefficient (Wildman–Crippen LogP) is 3.86. The van der Waals surface area contributed by atoms with Crippen molar-refractivity contribution in [1.29, 1.82) is 0 Å². The molecular formula is C21H24FN3O2. The van der Waals surface area contributed by atoms with Crippen LogP contribution in [0.5, 0.6) is 0 Å². The van der Waals surface area contributed by atoms with Gasteiger partial charge in [0.25, 0.3) is 0 Å². The quantitative estimate of drug-likeness (QED) is 0.841. The number of benzene rings is 2. The first-order chi connectivity index (χ1) is 13.1. The molecule has 0 spiro atoms. The molecule has 5 nitrogen and oxygen atoms in total. The summed E-state index contributed by atoms with van der Waals surface area (Å²) in [6, 6.07) is 14.0. The standard InChI is InChI=1S/C21H24FN3O2/c1-3-23-21(26)25(13-16-8-10-17(22)11-9-16)14-18-12-20(24-27-18)19-7-5-4-6-15(19)2/h4-11,18H,3,12-14H2,1-2H3,(H,23,26)/t18-/m0/s1. The highest BCUT2D eigenvalue weighted by Crippen LogP contribution is 2.20. The molecule has 1 atom stereocenters. The van der Waals surface area contributed by atoms with Crippen molar-refractivity contribution in [2.24, 2.45) is 5.16 Å². The van der Waals surface area contributed by atoms with Crippen molar-refractivity contribution in [3.63, 3.8) is 0 Å². The lowest BCUT2D eigenvalue weighted by atomic mass is 10.0. The maximum Gasteiger partial charge on any atom is 0.317 e. The second kappa shape index (κ2) is 8.66. The first-order valence-corrected chi connectivity index (χ1v) is 9.12. The molecule has 0 bridgehead atoms. The number of amides is 2. The number of nitrogens with one attached hydrogen (secondary N) is 1. The van der Waals surface area contributed by atoms with Crippen molar-refractivity contribution in [2.45, 2.75) is 32.9 Å². The molecule has 0 saturated heterocycles. The first-order valence-electron chi connectivity index (χ1n) is 9.12.